The molecule has 1 aromatic carbocycles. The first kappa shape index (κ1) is 10.1. The Balaban J connectivity index is 2.35. The van der Waals surface area contributed by atoms with Crippen molar-refractivity contribution in [3.8, 4) is 0 Å². The molecule has 1 fully saturated rings. The van der Waals surface area contributed by atoms with Crippen LogP contribution in [0.5, 0.6) is 0 Å². The molecule has 0 amide bonds. The van der Waals surface area contributed by atoms with Gasteiger partial charge in [-0.05, 0) is 36.5 Å². The monoisotopic (exact) mass is 258 g/mol. The summed E-state index contributed by atoms with van der Waals surface area (Å²) in [6.07, 6.45) is 1.26. The van der Waals surface area contributed by atoms with Crippen LogP contribution >= 0.6 is 15.9 Å². The van der Waals surface area contributed by atoms with Gasteiger partial charge in [-0.25, -0.2) is 4.39 Å². The lowest BCUT2D eigenvalue weighted by Gasteiger charge is -2.18. The molecule has 1 nitrogen and oxygen atoms in total. The minimum absolute atomic E-state index is 0.109. The third-order valence-corrected chi connectivity index (χ3v) is 3.44. The fourth-order valence-corrected chi connectivity index (χ4v) is 1.95. The Hall–Kier alpha value is -0.410. The Morgan fingerprint density at radius 2 is 2.14 bits per heavy atom. The normalized spacial score (nSPS) is 20.6. The van der Waals surface area contributed by atoms with Gasteiger partial charge < -0.3 is 5.11 Å². The maximum atomic E-state index is 13.4. The zero-order valence-corrected chi connectivity index (χ0v) is 9.51. The lowest BCUT2D eigenvalue weighted by Crippen LogP contribution is -2.11. The SMILES string of the molecule is CC1(C(O)c2cc(Br)ccc2F)CC1. The van der Waals surface area contributed by atoms with Crippen molar-refractivity contribution < 1.29 is 9.50 Å². The summed E-state index contributed by atoms with van der Waals surface area (Å²) in [5.74, 6) is -0.325. The van der Waals surface area contributed by atoms with Gasteiger partial charge >= 0.3 is 0 Å². The standard InChI is InChI=1S/C11H12BrFO/c1-11(4-5-11)10(14)8-6-7(12)2-3-9(8)13/h2-3,6,10,14H,4-5H2,1H3. The van der Waals surface area contributed by atoms with Crippen LogP contribution in [0.2, 0.25) is 0 Å². The molecule has 0 spiro atoms. The third kappa shape index (κ3) is 1.71. The van der Waals surface area contributed by atoms with Crippen molar-refractivity contribution in [2.75, 3.05) is 0 Å². The van der Waals surface area contributed by atoms with Gasteiger partial charge in [0.05, 0.1) is 6.10 Å². The highest BCUT2D eigenvalue weighted by Crippen LogP contribution is 2.54. The maximum absolute atomic E-state index is 13.4. The van der Waals surface area contributed by atoms with E-state index in [1.165, 1.54) is 6.07 Å². The average molecular weight is 259 g/mol. The Labute approximate surface area is 91.1 Å². The summed E-state index contributed by atoms with van der Waals surface area (Å²) in [6.45, 7) is 1.98. The highest BCUT2D eigenvalue weighted by atomic mass is 79.9. The van der Waals surface area contributed by atoms with Gasteiger partial charge in [0.25, 0.3) is 0 Å². The van der Waals surface area contributed by atoms with Crippen molar-refractivity contribution in [3.05, 3.63) is 34.1 Å². The number of aliphatic hydroxyl groups is 1. The van der Waals surface area contributed by atoms with Crippen molar-refractivity contribution >= 4 is 15.9 Å². The van der Waals surface area contributed by atoms with Crippen molar-refractivity contribution in [2.24, 2.45) is 5.41 Å². The maximum Gasteiger partial charge on any atom is 0.129 e. The van der Waals surface area contributed by atoms with Gasteiger partial charge in [0.2, 0.25) is 0 Å². The summed E-state index contributed by atoms with van der Waals surface area (Å²) >= 11 is 3.27. The summed E-state index contributed by atoms with van der Waals surface area (Å²) in [7, 11) is 0. The van der Waals surface area contributed by atoms with E-state index in [1.807, 2.05) is 6.92 Å². The van der Waals surface area contributed by atoms with Gasteiger partial charge in [0.1, 0.15) is 5.82 Å². The van der Waals surface area contributed by atoms with E-state index in [-0.39, 0.29) is 11.2 Å². The Morgan fingerprint density at radius 1 is 1.50 bits per heavy atom. The zero-order chi connectivity index (χ0) is 10.3. The summed E-state index contributed by atoms with van der Waals surface area (Å²) in [5, 5.41) is 9.96. The fraction of sp³-hybridized carbons (Fsp3) is 0.455. The van der Waals surface area contributed by atoms with Gasteiger partial charge in [0, 0.05) is 10.0 Å². The molecule has 1 aliphatic carbocycles. The molecule has 0 aliphatic heterocycles. The van der Waals surface area contributed by atoms with Crippen LogP contribution in [0.4, 0.5) is 4.39 Å². The van der Waals surface area contributed by atoms with E-state index >= 15 is 0 Å². The van der Waals surface area contributed by atoms with E-state index in [9.17, 15) is 9.50 Å². The molecule has 1 aliphatic rings. The van der Waals surface area contributed by atoms with Crippen molar-refractivity contribution in [3.63, 3.8) is 0 Å². The molecule has 1 saturated carbocycles. The summed E-state index contributed by atoms with van der Waals surface area (Å²) in [5.41, 5.74) is 0.293. The van der Waals surface area contributed by atoms with Crippen LogP contribution in [0.3, 0.4) is 0 Å². The number of benzene rings is 1. The van der Waals surface area contributed by atoms with Gasteiger partial charge in [-0.1, -0.05) is 22.9 Å². The molecular formula is C11H12BrFO. The molecule has 1 unspecified atom stereocenters. The number of hydrogen-bond donors (Lipinski definition) is 1. The van der Waals surface area contributed by atoms with E-state index in [2.05, 4.69) is 15.9 Å². The van der Waals surface area contributed by atoms with Crippen LogP contribution in [0, 0.1) is 11.2 Å². The van der Waals surface area contributed by atoms with Crippen molar-refractivity contribution in [2.45, 2.75) is 25.9 Å². The summed E-state index contributed by atoms with van der Waals surface area (Å²) < 4.78 is 14.2. The lowest BCUT2D eigenvalue weighted by molar-refractivity contribution is 0.0997. The van der Waals surface area contributed by atoms with Crippen molar-refractivity contribution in [1.29, 1.82) is 0 Å². The van der Waals surface area contributed by atoms with E-state index in [4.69, 9.17) is 0 Å². The predicted molar refractivity (Wildman–Crippen MR) is 56.4 cm³/mol. The van der Waals surface area contributed by atoms with Crippen LogP contribution in [0.25, 0.3) is 0 Å². The van der Waals surface area contributed by atoms with Gasteiger partial charge in [-0.2, -0.15) is 0 Å². The second kappa shape index (κ2) is 3.31. The molecule has 0 radical (unpaired) electrons. The van der Waals surface area contributed by atoms with Crippen LogP contribution in [0.15, 0.2) is 22.7 Å². The summed E-state index contributed by atoms with van der Waals surface area (Å²) in [6, 6.07) is 4.68. The van der Waals surface area contributed by atoms with Crippen LogP contribution in [-0.4, -0.2) is 5.11 Å². The molecule has 0 aromatic heterocycles. The third-order valence-electron chi connectivity index (χ3n) is 2.95. The van der Waals surface area contributed by atoms with Gasteiger partial charge in [-0.3, -0.25) is 0 Å². The first-order chi connectivity index (χ1) is 6.53. The van der Waals surface area contributed by atoms with E-state index < -0.39 is 6.10 Å². The van der Waals surface area contributed by atoms with Crippen LogP contribution in [0.1, 0.15) is 31.4 Å². The highest BCUT2D eigenvalue weighted by molar-refractivity contribution is 9.10. The number of rotatable bonds is 2. The quantitative estimate of drug-likeness (QED) is 0.862. The van der Waals surface area contributed by atoms with Crippen LogP contribution < -0.4 is 0 Å². The second-order valence-corrected chi connectivity index (χ2v) is 5.14. The smallest absolute Gasteiger partial charge is 0.129 e. The molecule has 0 heterocycles. The highest BCUT2D eigenvalue weighted by Gasteiger charge is 2.45. The average Bonchev–Trinajstić information content (AvgIpc) is 2.88. The first-order valence-electron chi connectivity index (χ1n) is 4.66. The zero-order valence-electron chi connectivity index (χ0n) is 7.93. The molecule has 2 rings (SSSR count). The largest absolute Gasteiger partial charge is 0.388 e. The molecule has 14 heavy (non-hydrogen) atoms. The van der Waals surface area contributed by atoms with E-state index in [1.54, 1.807) is 12.1 Å². The Morgan fingerprint density at radius 3 is 2.71 bits per heavy atom. The number of aliphatic hydroxyl groups excluding tert-OH is 1. The molecule has 0 saturated heterocycles. The van der Waals surface area contributed by atoms with Crippen molar-refractivity contribution in [1.82, 2.24) is 0 Å². The molecule has 3 heteroatoms. The Bertz CT molecular complexity index is 360. The fourth-order valence-electron chi connectivity index (χ4n) is 1.57. The number of hydrogen-bond acceptors (Lipinski definition) is 1. The Kier molecular flexibility index (Phi) is 2.40. The van der Waals surface area contributed by atoms with Crippen LogP contribution in [-0.2, 0) is 0 Å². The topological polar surface area (TPSA) is 20.2 Å². The molecule has 1 aromatic rings. The lowest BCUT2D eigenvalue weighted by atomic mass is 9.94. The van der Waals surface area contributed by atoms with Gasteiger partial charge in [-0.15, -0.1) is 0 Å². The molecule has 1 N–H and O–H groups in total. The molecule has 1 atom stereocenters. The minimum atomic E-state index is -0.681. The van der Waals surface area contributed by atoms with E-state index in [0.717, 1.165) is 17.3 Å². The predicted octanol–water partition coefficient (Wildman–Crippen LogP) is 3.42. The van der Waals surface area contributed by atoms with E-state index in [0.29, 0.717) is 5.56 Å². The van der Waals surface area contributed by atoms with Gasteiger partial charge in [0.15, 0.2) is 0 Å². The number of halogens is 2. The minimum Gasteiger partial charge on any atom is -0.388 e. The first-order valence-corrected chi connectivity index (χ1v) is 5.45. The molecule has 0 bridgehead atoms. The molecule has 76 valence electrons. The summed E-state index contributed by atoms with van der Waals surface area (Å²) in [4.78, 5) is 0. The second-order valence-electron chi connectivity index (χ2n) is 4.22. The molecular weight excluding hydrogens is 247 g/mol.